The van der Waals surface area contributed by atoms with Gasteiger partial charge in [-0.05, 0) is 77.8 Å². The lowest BCUT2D eigenvalue weighted by Crippen LogP contribution is -1.91. The fraction of sp³-hybridized carbons (Fsp3) is 0. The van der Waals surface area contributed by atoms with Gasteiger partial charge in [0.2, 0.25) is 0 Å². The second-order valence-electron chi connectivity index (χ2n) is 10.5. The van der Waals surface area contributed by atoms with Crippen LogP contribution in [0.5, 0.6) is 0 Å². The fourth-order valence-corrected chi connectivity index (χ4v) is 5.81. The molecule has 1 nitrogen and oxygen atoms in total. The monoisotopic (exact) mass is 652 g/mol. The number of rotatable bonds is 4. The number of hydrogen-bond donors (Lipinski definition) is 0. The van der Waals surface area contributed by atoms with Gasteiger partial charge in [-0.2, -0.15) is 0 Å². The number of furan rings is 1. The molecule has 0 saturated carbocycles. The lowest BCUT2D eigenvalue weighted by Gasteiger charge is -2.18. The third kappa shape index (κ3) is 4.40. The van der Waals surface area contributed by atoms with E-state index in [1.807, 2.05) is 0 Å². The minimum Gasteiger partial charge on any atom is -0.455 e. The maximum Gasteiger partial charge on any atom is 0.143 e. The zero-order valence-electron chi connectivity index (χ0n) is 54.4. The molecule has 49 heavy (non-hydrogen) atoms. The zero-order valence-corrected chi connectivity index (χ0v) is 24.4. The minimum absolute atomic E-state index is 0.555. The number of fused-ring (bicyclic) bond motifs is 6. The Kier molecular flexibility index (Phi) is 2.50. The third-order valence-corrected chi connectivity index (χ3v) is 7.87. The van der Waals surface area contributed by atoms with E-state index in [-0.39, 0.29) is 0 Å². The van der Waals surface area contributed by atoms with Crippen LogP contribution >= 0.6 is 0 Å². The Morgan fingerprint density at radius 1 is 0.347 bits per heavy atom. The molecule has 1 heteroatoms. The van der Waals surface area contributed by atoms with Gasteiger partial charge >= 0.3 is 0 Å². The summed E-state index contributed by atoms with van der Waals surface area (Å²) in [7, 11) is 0. The van der Waals surface area contributed by atoms with Gasteiger partial charge in [0.1, 0.15) is 11.2 Å². The van der Waals surface area contributed by atoms with E-state index >= 15 is 0 Å². The molecule has 10 rings (SSSR count). The second kappa shape index (κ2) is 11.1. The van der Waals surface area contributed by atoms with Crippen molar-refractivity contribution in [3.05, 3.63) is 181 Å². The van der Waals surface area contributed by atoms with E-state index in [4.69, 9.17) is 30.5 Å². The maximum absolute atomic E-state index is 9.57. The minimum atomic E-state index is -1.13. The molecule has 228 valence electrons. The van der Waals surface area contributed by atoms with Crippen LogP contribution in [0.3, 0.4) is 0 Å². The van der Waals surface area contributed by atoms with Gasteiger partial charge in [0.05, 0.1) is 41.1 Å². The van der Waals surface area contributed by atoms with Crippen LogP contribution in [0.2, 0.25) is 0 Å². The maximum atomic E-state index is 9.57. The summed E-state index contributed by atoms with van der Waals surface area (Å²) in [5.74, 6) is 0. The molecule has 0 saturated heterocycles. The summed E-state index contributed by atoms with van der Waals surface area (Å²) in [6, 6.07) is -28.9. The molecule has 10 aromatic rings. The molecular formula is C48H30O. The van der Waals surface area contributed by atoms with Crippen molar-refractivity contribution in [3.8, 4) is 44.5 Å². The highest BCUT2D eigenvalue weighted by Gasteiger charge is 2.21. The Hall–Kier alpha value is -6.44. The predicted molar refractivity (Wildman–Crippen MR) is 208 cm³/mol. The molecule has 9 aromatic carbocycles. The molecule has 0 amide bonds. The molecule has 0 atom stereocenters. The highest BCUT2D eigenvalue weighted by molar-refractivity contribution is 6.25. The van der Waals surface area contributed by atoms with E-state index in [2.05, 4.69) is 0 Å². The Morgan fingerprint density at radius 2 is 0.898 bits per heavy atom. The molecule has 0 bridgehead atoms. The first kappa shape index (κ1) is 11.1. The number of para-hydroxylation sites is 1. The quantitative estimate of drug-likeness (QED) is 0.172. The Labute approximate surface area is 326 Å². The van der Waals surface area contributed by atoms with Crippen molar-refractivity contribution < 1.29 is 45.5 Å². The van der Waals surface area contributed by atoms with Gasteiger partial charge in [-0.15, -0.1) is 0 Å². The summed E-state index contributed by atoms with van der Waals surface area (Å²) in [6.07, 6.45) is 0. The Morgan fingerprint density at radius 3 is 1.63 bits per heavy atom. The molecule has 0 spiro atoms. The van der Waals surface area contributed by atoms with Gasteiger partial charge in [-0.3, -0.25) is 0 Å². The molecule has 0 aliphatic heterocycles. The van der Waals surface area contributed by atoms with Crippen molar-refractivity contribution in [2.45, 2.75) is 0 Å². The van der Waals surface area contributed by atoms with E-state index in [0.29, 0.717) is 0 Å². The van der Waals surface area contributed by atoms with Crippen LogP contribution in [0.1, 0.15) is 41.1 Å². The molecule has 1 heterocycles. The van der Waals surface area contributed by atoms with E-state index < -0.39 is 280 Å². The molecule has 0 aliphatic carbocycles. The average molecular weight is 653 g/mol. The van der Waals surface area contributed by atoms with Crippen molar-refractivity contribution in [2.75, 3.05) is 0 Å². The van der Waals surface area contributed by atoms with E-state index in [1.165, 1.54) is 0 Å². The van der Waals surface area contributed by atoms with Crippen molar-refractivity contribution in [1.29, 1.82) is 0 Å². The molecule has 0 N–H and O–H groups in total. The van der Waals surface area contributed by atoms with Gasteiger partial charge in [-0.25, -0.2) is 0 Å². The Bertz CT molecular complexity index is 4460. The van der Waals surface area contributed by atoms with Gasteiger partial charge in [-0.1, -0.05) is 169 Å². The van der Waals surface area contributed by atoms with Crippen LogP contribution in [-0.2, 0) is 0 Å². The molecule has 0 radical (unpaired) electrons. The first-order chi connectivity index (χ1) is 36.8. The van der Waals surface area contributed by atoms with Crippen molar-refractivity contribution >= 4 is 54.3 Å². The average Bonchev–Trinajstić information content (AvgIpc) is 4.05. The first-order valence-electron chi connectivity index (χ1n) is 29.4. The fourth-order valence-electron chi connectivity index (χ4n) is 5.81. The summed E-state index contributed by atoms with van der Waals surface area (Å²) >= 11 is 0. The van der Waals surface area contributed by atoms with E-state index in [0.717, 1.165) is 0 Å². The third-order valence-electron chi connectivity index (χ3n) is 7.87. The van der Waals surface area contributed by atoms with Crippen molar-refractivity contribution in [1.82, 2.24) is 0 Å². The summed E-state index contributed by atoms with van der Waals surface area (Å²) in [5.41, 5.74) is -7.72. The van der Waals surface area contributed by atoms with Crippen LogP contribution < -0.4 is 0 Å². The molecule has 0 unspecified atom stereocenters. The number of hydrogen-bond acceptors (Lipinski definition) is 1. The van der Waals surface area contributed by atoms with Crippen LogP contribution in [0, 0.1) is 0 Å². The summed E-state index contributed by atoms with van der Waals surface area (Å²) < 4.78 is 276. The topological polar surface area (TPSA) is 13.1 Å². The zero-order chi connectivity index (χ0) is 58.4. The summed E-state index contributed by atoms with van der Waals surface area (Å²) in [6.45, 7) is 0. The Balaban J connectivity index is 1.46. The van der Waals surface area contributed by atoms with Crippen molar-refractivity contribution in [3.63, 3.8) is 0 Å². The largest absolute Gasteiger partial charge is 0.455 e. The van der Waals surface area contributed by atoms with Crippen LogP contribution in [0.15, 0.2) is 186 Å². The number of benzene rings is 9. The van der Waals surface area contributed by atoms with Gasteiger partial charge in [0.15, 0.2) is 0 Å². The second-order valence-corrected chi connectivity index (χ2v) is 10.5. The van der Waals surface area contributed by atoms with Gasteiger partial charge in [0, 0.05) is 21.9 Å². The summed E-state index contributed by atoms with van der Waals surface area (Å²) in [5, 5.41) is -5.50. The molecule has 0 aliphatic rings. The lowest BCUT2D eigenvalue weighted by atomic mass is 9.85. The highest BCUT2D eigenvalue weighted by atomic mass is 16.3. The van der Waals surface area contributed by atoms with E-state index in [1.54, 1.807) is 0 Å². The van der Waals surface area contributed by atoms with Crippen LogP contribution in [0.25, 0.3) is 98.8 Å². The van der Waals surface area contributed by atoms with Crippen LogP contribution in [0.4, 0.5) is 0 Å². The molecule has 1 aromatic heterocycles. The predicted octanol–water partition coefficient (Wildman–Crippen LogP) is 13.7. The SMILES string of the molecule is [2H]c1c([2H])c([2H])c(-c2c([2H])c([2H])c([2H])c3oc4c(-c5c6c([2H])c([2H])c([2H])c([2H])c6c(-c6c([2H])c([2H])c(-c7c([2H])c([2H])c8c([2H])c([2H])c([2H])c([2H])c8c7[2H])c([2H])c6[2H])c6c([2H])c([2H])c([2H])c([2H])c56)c([2H])c([2H])c([2H])c4c23)c([2H])c1[2H]. The molecule has 0 fully saturated rings. The molecular weight excluding hydrogens is 593 g/mol. The highest BCUT2D eigenvalue weighted by Crippen LogP contribution is 2.47. The lowest BCUT2D eigenvalue weighted by molar-refractivity contribution is 0.670. The normalized spacial score (nSPS) is 20.2. The smallest absolute Gasteiger partial charge is 0.143 e. The first-order valence-corrected chi connectivity index (χ1v) is 14.4. The standard InChI is InChI=1S/C48H30O/c1-2-13-33(14-3-1)37-20-11-23-44-47(37)43-22-10-21-42(48(43)49-44)46-40-18-8-6-16-38(40)45(39-17-7-9-19-41(39)46)34-27-24-32(25-28-34)36-29-26-31-12-4-5-15-35(31)30-36/h1-30H/i1D,2D,3D,4D,5D,6D,7D,8D,9D,10D,11D,12D,13D,14D,15D,16D,17D,18D,19D,20D,21D,22D,23D,24D,25D,26D,27D,28D,29D,30D. The van der Waals surface area contributed by atoms with Gasteiger partial charge < -0.3 is 4.42 Å². The van der Waals surface area contributed by atoms with E-state index in [9.17, 15) is 15.1 Å². The van der Waals surface area contributed by atoms with Crippen molar-refractivity contribution in [2.24, 2.45) is 0 Å². The summed E-state index contributed by atoms with van der Waals surface area (Å²) in [4.78, 5) is 0. The van der Waals surface area contributed by atoms with Crippen LogP contribution in [-0.4, -0.2) is 0 Å². The van der Waals surface area contributed by atoms with Gasteiger partial charge in [0.25, 0.3) is 0 Å².